The van der Waals surface area contributed by atoms with Gasteiger partial charge in [-0.2, -0.15) is 0 Å². The second kappa shape index (κ2) is 7.65. The lowest BCUT2D eigenvalue weighted by molar-refractivity contribution is -0.143. The highest BCUT2D eigenvalue weighted by atomic mass is 16.5. The summed E-state index contributed by atoms with van der Waals surface area (Å²) in [6, 6.07) is 0.102. The molecule has 0 aliphatic heterocycles. The van der Waals surface area contributed by atoms with Crippen LogP contribution in [0.4, 0.5) is 0 Å². The minimum atomic E-state index is -0.191. The van der Waals surface area contributed by atoms with Crippen molar-refractivity contribution in [3.63, 3.8) is 0 Å². The van der Waals surface area contributed by atoms with Crippen LogP contribution < -0.4 is 5.32 Å². The number of carbonyl (C=O) groups excluding carboxylic acids is 1. The first-order chi connectivity index (χ1) is 7.01. The summed E-state index contributed by atoms with van der Waals surface area (Å²) < 4.78 is 4.76. The Bertz CT molecular complexity index is 183. The fourth-order valence-corrected chi connectivity index (χ4v) is 1.32. The van der Waals surface area contributed by atoms with Crippen molar-refractivity contribution in [3.8, 4) is 0 Å². The van der Waals surface area contributed by atoms with Gasteiger partial charge in [-0.1, -0.05) is 20.8 Å². The molecule has 0 spiro atoms. The highest BCUT2D eigenvalue weighted by Crippen LogP contribution is 1.99. The number of carbonyl (C=O) groups is 1. The molecule has 0 bridgehead atoms. The summed E-state index contributed by atoms with van der Waals surface area (Å²) in [5.41, 5.74) is 0. The third kappa shape index (κ3) is 6.47. The molecule has 0 heterocycles. The van der Waals surface area contributed by atoms with Gasteiger partial charge >= 0.3 is 5.97 Å². The highest BCUT2D eigenvalue weighted by Gasteiger charge is 2.19. The first-order valence-electron chi connectivity index (χ1n) is 5.53. The smallest absolute Gasteiger partial charge is 0.322 e. The van der Waals surface area contributed by atoms with Crippen LogP contribution in [0.1, 0.15) is 27.2 Å². The van der Waals surface area contributed by atoms with E-state index in [-0.39, 0.29) is 12.0 Å². The maximum atomic E-state index is 11.4. The predicted octanol–water partition coefficient (Wildman–Crippen LogP) is 0.868. The van der Waals surface area contributed by atoms with E-state index in [2.05, 4.69) is 17.1 Å². The summed E-state index contributed by atoms with van der Waals surface area (Å²) in [6.07, 6.45) is 0.787. The number of methoxy groups -OCH3 is 1. The molecule has 0 aliphatic rings. The Balaban J connectivity index is 4.07. The Morgan fingerprint density at radius 1 is 1.47 bits per heavy atom. The van der Waals surface area contributed by atoms with Crippen molar-refractivity contribution in [1.82, 2.24) is 10.2 Å². The SMILES string of the molecule is CCN(C)CCC(NC(C)C)C(=O)OC. The van der Waals surface area contributed by atoms with Crippen molar-refractivity contribution in [2.45, 2.75) is 39.3 Å². The Kier molecular flexibility index (Phi) is 7.34. The van der Waals surface area contributed by atoms with Crippen molar-refractivity contribution >= 4 is 5.97 Å². The van der Waals surface area contributed by atoms with Crippen molar-refractivity contribution in [2.24, 2.45) is 0 Å². The van der Waals surface area contributed by atoms with Crippen LogP contribution in [0.2, 0.25) is 0 Å². The van der Waals surface area contributed by atoms with Gasteiger partial charge in [0.15, 0.2) is 0 Å². The summed E-state index contributed by atoms with van der Waals surface area (Å²) in [4.78, 5) is 13.6. The number of nitrogens with zero attached hydrogens (tertiary/aromatic N) is 1. The van der Waals surface area contributed by atoms with Crippen LogP contribution in [-0.4, -0.2) is 50.2 Å². The van der Waals surface area contributed by atoms with Gasteiger partial charge in [0.2, 0.25) is 0 Å². The maximum absolute atomic E-state index is 11.4. The topological polar surface area (TPSA) is 41.6 Å². The van der Waals surface area contributed by atoms with Gasteiger partial charge in [0.05, 0.1) is 7.11 Å². The minimum Gasteiger partial charge on any atom is -0.468 e. The van der Waals surface area contributed by atoms with E-state index in [1.807, 2.05) is 20.9 Å². The monoisotopic (exact) mass is 216 g/mol. The van der Waals surface area contributed by atoms with Gasteiger partial charge in [0.1, 0.15) is 6.04 Å². The summed E-state index contributed by atoms with van der Waals surface area (Å²) >= 11 is 0. The fourth-order valence-electron chi connectivity index (χ4n) is 1.32. The molecular formula is C11H24N2O2. The number of hydrogen-bond donors (Lipinski definition) is 1. The van der Waals surface area contributed by atoms with E-state index in [0.29, 0.717) is 6.04 Å². The molecule has 0 aliphatic carbocycles. The van der Waals surface area contributed by atoms with Crippen LogP contribution in [0.25, 0.3) is 0 Å². The molecule has 0 saturated heterocycles. The van der Waals surface area contributed by atoms with Gasteiger partial charge < -0.3 is 15.0 Å². The maximum Gasteiger partial charge on any atom is 0.322 e. The summed E-state index contributed by atoms with van der Waals surface area (Å²) in [5, 5.41) is 3.21. The van der Waals surface area contributed by atoms with E-state index < -0.39 is 0 Å². The Morgan fingerprint density at radius 3 is 2.47 bits per heavy atom. The molecule has 0 aromatic rings. The van der Waals surface area contributed by atoms with Crippen LogP contribution in [0.5, 0.6) is 0 Å². The number of esters is 1. The lowest BCUT2D eigenvalue weighted by Gasteiger charge is -2.21. The van der Waals surface area contributed by atoms with E-state index in [1.165, 1.54) is 7.11 Å². The van der Waals surface area contributed by atoms with Crippen LogP contribution in [0.15, 0.2) is 0 Å². The molecular weight excluding hydrogens is 192 g/mol. The molecule has 4 heteroatoms. The normalized spacial score (nSPS) is 13.3. The van der Waals surface area contributed by atoms with Crippen LogP contribution >= 0.6 is 0 Å². The number of nitrogens with one attached hydrogen (secondary N) is 1. The summed E-state index contributed by atoms with van der Waals surface area (Å²) in [7, 11) is 3.48. The van der Waals surface area contributed by atoms with Gasteiger partial charge in [0, 0.05) is 6.04 Å². The molecule has 4 nitrogen and oxygen atoms in total. The lowest BCUT2D eigenvalue weighted by atomic mass is 10.2. The molecule has 1 N–H and O–H groups in total. The Morgan fingerprint density at radius 2 is 2.07 bits per heavy atom. The third-order valence-corrected chi connectivity index (χ3v) is 2.36. The quantitative estimate of drug-likeness (QED) is 0.641. The number of hydrogen-bond acceptors (Lipinski definition) is 4. The van der Waals surface area contributed by atoms with Crippen LogP contribution in [-0.2, 0) is 9.53 Å². The second-order valence-electron chi connectivity index (χ2n) is 4.08. The van der Waals surface area contributed by atoms with Crippen molar-refractivity contribution in [3.05, 3.63) is 0 Å². The zero-order valence-corrected chi connectivity index (χ0v) is 10.5. The van der Waals surface area contributed by atoms with Crippen molar-refractivity contribution < 1.29 is 9.53 Å². The van der Waals surface area contributed by atoms with E-state index >= 15 is 0 Å². The molecule has 0 saturated carbocycles. The van der Waals surface area contributed by atoms with E-state index in [4.69, 9.17) is 4.74 Å². The average molecular weight is 216 g/mol. The van der Waals surface area contributed by atoms with Gasteiger partial charge in [-0.05, 0) is 26.6 Å². The predicted molar refractivity (Wildman–Crippen MR) is 61.9 cm³/mol. The fraction of sp³-hybridized carbons (Fsp3) is 0.909. The molecule has 0 aromatic carbocycles. The molecule has 1 atom stereocenters. The van der Waals surface area contributed by atoms with Gasteiger partial charge in [-0.25, -0.2) is 0 Å². The zero-order valence-electron chi connectivity index (χ0n) is 10.5. The highest BCUT2D eigenvalue weighted by molar-refractivity contribution is 5.75. The van der Waals surface area contributed by atoms with Gasteiger partial charge in [-0.15, -0.1) is 0 Å². The molecule has 0 fully saturated rings. The first kappa shape index (κ1) is 14.4. The molecule has 0 aromatic heterocycles. The number of rotatable bonds is 7. The zero-order chi connectivity index (χ0) is 11.8. The number of ether oxygens (including phenoxy) is 1. The second-order valence-corrected chi connectivity index (χ2v) is 4.08. The van der Waals surface area contributed by atoms with Crippen molar-refractivity contribution in [2.75, 3.05) is 27.2 Å². The standard InChI is InChI=1S/C11H24N2O2/c1-6-13(4)8-7-10(11(14)15-5)12-9(2)3/h9-10,12H,6-8H2,1-5H3. The van der Waals surface area contributed by atoms with E-state index in [0.717, 1.165) is 19.5 Å². The molecule has 1 unspecified atom stereocenters. The Hall–Kier alpha value is -0.610. The van der Waals surface area contributed by atoms with E-state index in [1.54, 1.807) is 0 Å². The Labute approximate surface area is 93.0 Å². The van der Waals surface area contributed by atoms with Gasteiger partial charge in [-0.3, -0.25) is 4.79 Å². The summed E-state index contributed by atoms with van der Waals surface area (Å²) in [6.45, 7) is 8.05. The minimum absolute atomic E-state index is 0.173. The molecule has 0 rings (SSSR count). The third-order valence-electron chi connectivity index (χ3n) is 2.36. The molecule has 15 heavy (non-hydrogen) atoms. The van der Waals surface area contributed by atoms with Crippen LogP contribution in [0, 0.1) is 0 Å². The lowest BCUT2D eigenvalue weighted by Crippen LogP contribution is -2.43. The van der Waals surface area contributed by atoms with Crippen LogP contribution in [0.3, 0.4) is 0 Å². The molecule has 90 valence electrons. The molecule has 0 amide bonds. The first-order valence-corrected chi connectivity index (χ1v) is 5.53. The van der Waals surface area contributed by atoms with Crippen molar-refractivity contribution in [1.29, 1.82) is 0 Å². The summed E-state index contributed by atoms with van der Waals surface area (Å²) in [5.74, 6) is -0.173. The average Bonchev–Trinajstić information content (AvgIpc) is 2.21. The molecule has 0 radical (unpaired) electrons. The largest absolute Gasteiger partial charge is 0.468 e. The van der Waals surface area contributed by atoms with Gasteiger partial charge in [0.25, 0.3) is 0 Å². The van der Waals surface area contributed by atoms with E-state index in [9.17, 15) is 4.79 Å².